The highest BCUT2D eigenvalue weighted by Gasteiger charge is 2.22. The van der Waals surface area contributed by atoms with Gasteiger partial charge in [-0.3, -0.25) is 4.79 Å². The van der Waals surface area contributed by atoms with Gasteiger partial charge in [0.2, 0.25) is 0 Å². The molecule has 0 fully saturated rings. The summed E-state index contributed by atoms with van der Waals surface area (Å²) >= 11 is 1.48. The Balaban J connectivity index is 1.64. The number of thiophene rings is 1. The number of carbonyl (C=O) groups excluding carboxylic acids is 2. The Morgan fingerprint density at radius 3 is 2.70 bits per heavy atom. The molecule has 1 heterocycles. The van der Waals surface area contributed by atoms with Crippen LogP contribution in [0.15, 0.2) is 30.3 Å². The highest BCUT2D eigenvalue weighted by molar-refractivity contribution is 7.14. The summed E-state index contributed by atoms with van der Waals surface area (Å²) in [6, 6.07) is 10.7. The predicted molar refractivity (Wildman–Crippen MR) is 105 cm³/mol. The number of para-hydroxylation sites is 1. The third-order valence-electron chi connectivity index (χ3n) is 4.66. The van der Waals surface area contributed by atoms with Gasteiger partial charge in [-0.25, -0.2) is 4.79 Å². The van der Waals surface area contributed by atoms with Crippen LogP contribution in [0, 0.1) is 11.3 Å². The Hall–Kier alpha value is -2.65. The van der Waals surface area contributed by atoms with Crippen molar-refractivity contribution in [1.82, 2.24) is 0 Å². The van der Waals surface area contributed by atoms with Crippen molar-refractivity contribution in [1.29, 1.82) is 5.26 Å². The first-order valence-corrected chi connectivity index (χ1v) is 10.0. The number of anilines is 1. The van der Waals surface area contributed by atoms with Crippen LogP contribution in [0.25, 0.3) is 0 Å². The van der Waals surface area contributed by atoms with Gasteiger partial charge < -0.3 is 10.1 Å². The van der Waals surface area contributed by atoms with E-state index in [-0.39, 0.29) is 0 Å². The Labute approximate surface area is 163 Å². The molecule has 3 rings (SSSR count). The van der Waals surface area contributed by atoms with Crippen molar-refractivity contribution in [2.75, 3.05) is 5.32 Å². The van der Waals surface area contributed by atoms with Crippen LogP contribution in [-0.4, -0.2) is 18.0 Å². The molecule has 1 aliphatic carbocycles. The lowest BCUT2D eigenvalue weighted by atomic mass is 10.00. The van der Waals surface area contributed by atoms with E-state index in [1.165, 1.54) is 41.5 Å². The number of ether oxygens (including phenoxy) is 1. The summed E-state index contributed by atoms with van der Waals surface area (Å²) in [6.07, 6.45) is 5.83. The van der Waals surface area contributed by atoms with Crippen LogP contribution in [0.4, 0.5) is 5.69 Å². The number of fused-ring (bicyclic) bond motifs is 1. The smallest absolute Gasteiger partial charge is 0.349 e. The van der Waals surface area contributed by atoms with E-state index in [0.29, 0.717) is 16.1 Å². The molecule has 1 atom stereocenters. The first-order chi connectivity index (χ1) is 13.1. The first kappa shape index (κ1) is 19.1. The summed E-state index contributed by atoms with van der Waals surface area (Å²) in [5, 5.41) is 11.7. The molecule has 6 heteroatoms. The number of esters is 1. The van der Waals surface area contributed by atoms with Gasteiger partial charge in [0.05, 0.1) is 11.3 Å². The molecule has 0 aliphatic heterocycles. The summed E-state index contributed by atoms with van der Waals surface area (Å²) in [4.78, 5) is 26.6. The van der Waals surface area contributed by atoms with Crippen molar-refractivity contribution in [3.8, 4) is 6.07 Å². The SMILES string of the molecule is C[C@@H](OC(=O)c1cc2c(s1)CCCCCC2)C(=O)Nc1ccccc1C#N. The maximum atomic E-state index is 12.5. The van der Waals surface area contributed by atoms with Gasteiger partial charge in [0.1, 0.15) is 10.9 Å². The Bertz CT molecular complexity index is 856. The number of benzene rings is 1. The summed E-state index contributed by atoms with van der Waals surface area (Å²) in [5.41, 5.74) is 2.01. The first-order valence-electron chi connectivity index (χ1n) is 9.21. The monoisotopic (exact) mass is 382 g/mol. The minimum absolute atomic E-state index is 0.363. The molecular weight excluding hydrogens is 360 g/mol. The minimum atomic E-state index is -0.950. The molecule has 1 aliphatic rings. The van der Waals surface area contributed by atoms with Gasteiger partial charge in [0, 0.05) is 4.88 Å². The largest absolute Gasteiger partial charge is 0.448 e. The molecule has 140 valence electrons. The summed E-state index contributed by atoms with van der Waals surface area (Å²) in [7, 11) is 0. The van der Waals surface area contributed by atoms with E-state index in [1.54, 1.807) is 24.3 Å². The number of hydrogen-bond donors (Lipinski definition) is 1. The quantitative estimate of drug-likeness (QED) is 0.792. The molecule has 1 N–H and O–H groups in total. The molecule has 1 aromatic carbocycles. The molecule has 1 amide bonds. The third kappa shape index (κ3) is 4.75. The standard InChI is InChI=1S/C21H22N2O3S/c1-14(20(24)23-17-10-7-6-9-16(17)13-22)26-21(25)19-12-15-8-4-2-3-5-11-18(15)27-19/h6-7,9-10,12,14H,2-5,8,11H2,1H3,(H,23,24)/t14-/m1/s1. The zero-order chi connectivity index (χ0) is 19.2. The number of nitriles is 1. The van der Waals surface area contributed by atoms with Crippen molar-refractivity contribution in [3.05, 3.63) is 51.2 Å². The maximum absolute atomic E-state index is 12.5. The second-order valence-electron chi connectivity index (χ2n) is 6.67. The molecule has 5 nitrogen and oxygen atoms in total. The van der Waals surface area contributed by atoms with Crippen LogP contribution in [-0.2, 0) is 22.4 Å². The van der Waals surface area contributed by atoms with E-state index in [4.69, 9.17) is 10.00 Å². The van der Waals surface area contributed by atoms with E-state index in [9.17, 15) is 9.59 Å². The Morgan fingerprint density at radius 1 is 1.19 bits per heavy atom. The topological polar surface area (TPSA) is 79.2 Å². The lowest BCUT2D eigenvalue weighted by Crippen LogP contribution is -2.30. The van der Waals surface area contributed by atoms with E-state index in [0.717, 1.165) is 25.7 Å². The van der Waals surface area contributed by atoms with Crippen molar-refractivity contribution in [2.24, 2.45) is 0 Å². The third-order valence-corrected chi connectivity index (χ3v) is 5.87. The fraction of sp³-hybridized carbons (Fsp3) is 0.381. The number of hydrogen-bond acceptors (Lipinski definition) is 5. The van der Waals surface area contributed by atoms with Gasteiger partial charge in [-0.2, -0.15) is 5.26 Å². The Morgan fingerprint density at radius 2 is 1.93 bits per heavy atom. The molecule has 0 spiro atoms. The second-order valence-corrected chi connectivity index (χ2v) is 7.80. The summed E-state index contributed by atoms with van der Waals surface area (Å²) in [5.74, 6) is -0.927. The number of nitrogens with one attached hydrogen (secondary N) is 1. The van der Waals surface area contributed by atoms with E-state index < -0.39 is 18.0 Å². The lowest BCUT2D eigenvalue weighted by molar-refractivity contribution is -0.123. The van der Waals surface area contributed by atoms with Gasteiger partial charge in [-0.05, 0) is 56.4 Å². The second kappa shape index (κ2) is 8.83. The zero-order valence-corrected chi connectivity index (χ0v) is 16.1. The van der Waals surface area contributed by atoms with E-state index in [1.807, 2.05) is 12.1 Å². The van der Waals surface area contributed by atoms with Crippen molar-refractivity contribution in [2.45, 2.75) is 51.6 Å². The van der Waals surface area contributed by atoms with Crippen LogP contribution < -0.4 is 5.32 Å². The van der Waals surface area contributed by atoms with Crippen LogP contribution in [0.5, 0.6) is 0 Å². The van der Waals surface area contributed by atoms with Crippen molar-refractivity contribution >= 4 is 28.9 Å². The average Bonchev–Trinajstić information content (AvgIpc) is 3.04. The highest BCUT2D eigenvalue weighted by Crippen LogP contribution is 2.29. The van der Waals surface area contributed by atoms with Crippen molar-refractivity contribution in [3.63, 3.8) is 0 Å². The van der Waals surface area contributed by atoms with Crippen LogP contribution in [0.1, 0.15) is 58.3 Å². The Kier molecular flexibility index (Phi) is 6.25. The fourth-order valence-electron chi connectivity index (χ4n) is 3.14. The van der Waals surface area contributed by atoms with E-state index >= 15 is 0 Å². The number of carbonyl (C=O) groups is 2. The number of rotatable bonds is 4. The number of aryl methyl sites for hydroxylation is 2. The van der Waals surface area contributed by atoms with Gasteiger partial charge in [0.15, 0.2) is 6.10 Å². The molecule has 1 aromatic heterocycles. The zero-order valence-electron chi connectivity index (χ0n) is 15.3. The normalized spacial score (nSPS) is 14.8. The fourth-order valence-corrected chi connectivity index (χ4v) is 4.28. The molecule has 0 saturated carbocycles. The van der Waals surface area contributed by atoms with Gasteiger partial charge in [0.25, 0.3) is 5.91 Å². The summed E-state index contributed by atoms with van der Waals surface area (Å²) < 4.78 is 5.36. The average molecular weight is 382 g/mol. The van der Waals surface area contributed by atoms with Gasteiger partial charge >= 0.3 is 5.97 Å². The summed E-state index contributed by atoms with van der Waals surface area (Å²) in [6.45, 7) is 1.53. The maximum Gasteiger partial charge on any atom is 0.349 e. The minimum Gasteiger partial charge on any atom is -0.448 e. The highest BCUT2D eigenvalue weighted by atomic mass is 32.1. The number of nitrogens with zero attached hydrogens (tertiary/aromatic N) is 1. The lowest BCUT2D eigenvalue weighted by Gasteiger charge is -2.13. The predicted octanol–water partition coefficient (Wildman–Crippen LogP) is 4.46. The molecule has 2 aromatic rings. The van der Waals surface area contributed by atoms with Crippen molar-refractivity contribution < 1.29 is 14.3 Å². The van der Waals surface area contributed by atoms with Crippen LogP contribution >= 0.6 is 11.3 Å². The molecule has 0 saturated heterocycles. The molecular formula is C21H22N2O3S. The van der Waals surface area contributed by atoms with Crippen LogP contribution in [0.2, 0.25) is 0 Å². The molecule has 0 radical (unpaired) electrons. The molecule has 0 bridgehead atoms. The van der Waals surface area contributed by atoms with Gasteiger partial charge in [-0.1, -0.05) is 25.0 Å². The van der Waals surface area contributed by atoms with Crippen LogP contribution in [0.3, 0.4) is 0 Å². The van der Waals surface area contributed by atoms with Gasteiger partial charge in [-0.15, -0.1) is 11.3 Å². The van der Waals surface area contributed by atoms with E-state index in [2.05, 4.69) is 5.32 Å². The number of amides is 1. The molecule has 27 heavy (non-hydrogen) atoms. The molecule has 0 unspecified atom stereocenters.